The number of amides is 1. The molecule has 4 atom stereocenters. The smallest absolute Gasteiger partial charge is 0.265 e. The second-order valence-corrected chi connectivity index (χ2v) is 19.9. The Balaban J connectivity index is 1.63. The number of allylic oxidation sites excluding steroid dienone is 1. The van der Waals surface area contributed by atoms with Crippen molar-refractivity contribution in [3.63, 3.8) is 0 Å². The van der Waals surface area contributed by atoms with Crippen LogP contribution in [0.3, 0.4) is 0 Å². The van der Waals surface area contributed by atoms with Crippen molar-refractivity contribution in [2.75, 3.05) is 18.1 Å². The number of benzene rings is 1. The monoisotopic (exact) mass is 576 g/mol. The summed E-state index contributed by atoms with van der Waals surface area (Å²) in [6, 6.07) is 5.71. The second-order valence-electron chi connectivity index (χ2n) is 11.6. The van der Waals surface area contributed by atoms with Crippen molar-refractivity contribution < 1.29 is 18.8 Å². The van der Waals surface area contributed by atoms with Crippen LogP contribution in [0.15, 0.2) is 24.3 Å². The number of aliphatic hydroxyl groups is 1. The molecule has 4 bridgehead atoms. The quantitative estimate of drug-likeness (QED) is 0.286. The Kier molecular flexibility index (Phi) is 5.29. The number of halogens is 1. The minimum absolute atomic E-state index is 0.0261. The number of anilines is 1. The van der Waals surface area contributed by atoms with E-state index < -0.39 is 20.7 Å². The minimum atomic E-state index is -2.61. The summed E-state index contributed by atoms with van der Waals surface area (Å²) in [4.78, 5) is 17.4. The molecule has 1 spiro atoms. The van der Waals surface area contributed by atoms with E-state index >= 15 is 4.21 Å². The van der Waals surface area contributed by atoms with Crippen LogP contribution < -0.4 is 14.9 Å². The Morgan fingerprint density at radius 3 is 2.84 bits per heavy atom. The maximum atomic E-state index is 15.8. The second kappa shape index (κ2) is 8.00. The number of rotatable bonds is 1. The first-order chi connectivity index (χ1) is 17.6. The summed E-state index contributed by atoms with van der Waals surface area (Å²) in [5.74, 6) is 0.555. The van der Waals surface area contributed by atoms with Gasteiger partial charge in [0.15, 0.2) is 15.9 Å². The molecule has 6 aliphatic rings. The van der Waals surface area contributed by atoms with Gasteiger partial charge in [-0.2, -0.15) is 16.0 Å². The highest BCUT2D eigenvalue weighted by Crippen LogP contribution is 2.59. The van der Waals surface area contributed by atoms with Gasteiger partial charge in [0.2, 0.25) is 0 Å². The van der Waals surface area contributed by atoms with Gasteiger partial charge in [-0.1, -0.05) is 29.3 Å². The van der Waals surface area contributed by atoms with Crippen molar-refractivity contribution in [1.29, 1.82) is 0 Å². The molecule has 2 aromatic rings. The van der Waals surface area contributed by atoms with Crippen molar-refractivity contribution in [3.05, 3.63) is 50.8 Å². The van der Waals surface area contributed by atoms with Gasteiger partial charge in [0, 0.05) is 23.2 Å². The van der Waals surface area contributed by atoms with Gasteiger partial charge in [-0.05, 0) is 52.6 Å². The van der Waals surface area contributed by atoms with Crippen LogP contribution in [-0.2, 0) is 20.7 Å². The van der Waals surface area contributed by atoms with Crippen LogP contribution in [0.5, 0.6) is 5.75 Å². The summed E-state index contributed by atoms with van der Waals surface area (Å²) in [5.41, 5.74) is 2.40. The van der Waals surface area contributed by atoms with E-state index in [2.05, 4.69) is 43.4 Å². The first-order valence-electron chi connectivity index (χ1n) is 12.8. The molecule has 1 aromatic carbocycles. The highest BCUT2D eigenvalue weighted by atomic mass is 35.5. The zero-order chi connectivity index (χ0) is 25.9. The van der Waals surface area contributed by atoms with E-state index in [0.29, 0.717) is 17.3 Å². The van der Waals surface area contributed by atoms with E-state index in [0.717, 1.165) is 57.6 Å². The number of hydrogen-bond acceptors (Lipinski definition) is 4. The van der Waals surface area contributed by atoms with Crippen molar-refractivity contribution in [2.45, 2.75) is 69.4 Å². The highest BCUT2D eigenvalue weighted by molar-refractivity contribution is 8.32. The third-order valence-corrected chi connectivity index (χ3v) is 19.3. The van der Waals surface area contributed by atoms with Crippen LogP contribution in [0, 0.1) is 6.16 Å². The molecule has 1 amide bonds. The Morgan fingerprint density at radius 2 is 2.16 bits per heavy atom. The number of hydrogen-bond donors (Lipinski definition) is 1. The molecule has 1 N–H and O–H groups in total. The van der Waals surface area contributed by atoms with Crippen LogP contribution in [0.25, 0.3) is 5.57 Å². The normalized spacial score (nSPS) is 30.1. The molecule has 1 saturated heterocycles. The predicted molar refractivity (Wildman–Crippen MR) is 152 cm³/mol. The molecule has 1 saturated carbocycles. The number of fused-ring (bicyclic) bond motifs is 1. The maximum absolute atomic E-state index is 15.8. The Morgan fingerprint density at radius 1 is 1.38 bits per heavy atom. The lowest BCUT2D eigenvalue weighted by atomic mass is 9.75. The fourth-order valence-corrected chi connectivity index (χ4v) is 17.7. The number of aliphatic hydroxyl groups excluding tert-OH is 1. The molecule has 6 heterocycles. The predicted octanol–water partition coefficient (Wildman–Crippen LogP) is 5.26. The van der Waals surface area contributed by atoms with Crippen LogP contribution in [-0.4, -0.2) is 49.0 Å². The number of thiophene rings is 1. The molecule has 0 radical (unpaired) electrons. The van der Waals surface area contributed by atoms with Gasteiger partial charge in [0.05, 0.1) is 51.3 Å². The van der Waals surface area contributed by atoms with E-state index in [1.807, 2.05) is 11.0 Å². The molecule has 6 nitrogen and oxygen atoms in total. The summed E-state index contributed by atoms with van der Waals surface area (Å²) in [6.45, 7) is 5.60. The van der Waals surface area contributed by atoms with Crippen molar-refractivity contribution >= 4 is 61.4 Å². The van der Waals surface area contributed by atoms with Crippen molar-refractivity contribution in [3.8, 4) is 5.75 Å². The molecule has 37 heavy (non-hydrogen) atoms. The van der Waals surface area contributed by atoms with E-state index in [4.69, 9.17) is 16.3 Å². The van der Waals surface area contributed by atoms with Crippen LogP contribution in [0.4, 0.5) is 5.69 Å². The highest BCUT2D eigenvalue weighted by Gasteiger charge is 2.60. The van der Waals surface area contributed by atoms with Gasteiger partial charge in [0.25, 0.3) is 5.91 Å². The lowest BCUT2D eigenvalue weighted by Crippen LogP contribution is -2.56. The summed E-state index contributed by atoms with van der Waals surface area (Å²) in [7, 11) is -2.61. The van der Waals surface area contributed by atoms with E-state index in [1.54, 1.807) is 17.4 Å². The SMILES string of the molecule is CC(C)(C)S1(=O)=[P+]2[CH-]C=C(c3cc(Cl)cc4c3N(C(=O)CO4)[C@H]3CN1C1(CCC1)C3)c1[s+][c-](CO)cc12. The van der Waals surface area contributed by atoms with Crippen molar-refractivity contribution in [1.82, 2.24) is 4.31 Å². The molecule has 1 aromatic heterocycles. The topological polar surface area (TPSA) is 70.1 Å². The van der Waals surface area contributed by atoms with Gasteiger partial charge in [-0.15, -0.1) is 0 Å². The van der Waals surface area contributed by atoms with E-state index in [9.17, 15) is 9.90 Å². The Labute approximate surface area is 227 Å². The van der Waals surface area contributed by atoms with Gasteiger partial charge in [-0.3, -0.25) is 4.79 Å². The zero-order valence-electron chi connectivity index (χ0n) is 21.1. The Bertz CT molecular complexity index is 1530. The molecule has 10 heteroatoms. The Hall–Kier alpha value is -1.54. The standard InChI is InChI=1S/C27H30ClN2O4PS2/c1-26(2,3)37(33)29-13-17(12-27(29)6-4-7-27)30-23(32)15-34-21-10-16(28)9-20(24(21)30)19-5-8-35(37)22-11-18(14-31)36-25(19)22/h5,8-11,17,31H,4,6-7,12-15H2,1-3H3/t17-,37?/m1/s1. The van der Waals surface area contributed by atoms with Crippen molar-refractivity contribution in [2.24, 2.45) is 0 Å². The maximum Gasteiger partial charge on any atom is 0.265 e. The fraction of sp³-hybridized carbons (Fsp3) is 0.481. The third-order valence-electron chi connectivity index (χ3n) is 8.50. The number of nitrogens with zero attached hydrogens (tertiary/aromatic N) is 2. The molecule has 2 fully saturated rings. The average molecular weight is 577 g/mol. The summed E-state index contributed by atoms with van der Waals surface area (Å²) >= 11 is 8.16. The zero-order valence-corrected chi connectivity index (χ0v) is 24.4. The number of ether oxygens (including phenoxy) is 1. The van der Waals surface area contributed by atoms with Gasteiger partial charge in [-0.25, -0.2) is 4.21 Å². The minimum Gasteiger partial charge on any atom is -0.482 e. The van der Waals surface area contributed by atoms with Crippen LogP contribution in [0.2, 0.25) is 5.02 Å². The molecule has 3 unspecified atom stereocenters. The van der Waals surface area contributed by atoms with Gasteiger partial charge in [0.1, 0.15) is 10.6 Å². The number of carbonyl (C=O) groups is 1. The van der Waals surface area contributed by atoms with E-state index in [1.165, 1.54) is 0 Å². The molecule has 8 rings (SSSR count). The molecule has 196 valence electrons. The molecule has 1 aliphatic carbocycles. The van der Waals surface area contributed by atoms with E-state index in [-0.39, 0.29) is 30.7 Å². The summed E-state index contributed by atoms with van der Waals surface area (Å²) in [6.07, 6.45) is 8.18. The average Bonchev–Trinajstić information content (AvgIpc) is 3.43. The van der Waals surface area contributed by atoms with Gasteiger partial charge >= 0.3 is 0 Å². The lowest BCUT2D eigenvalue weighted by molar-refractivity contribution is -0.121. The first kappa shape index (κ1) is 24.5. The fourth-order valence-electron chi connectivity index (χ4n) is 6.75. The lowest BCUT2D eigenvalue weighted by Gasteiger charge is -2.48. The largest absolute Gasteiger partial charge is 0.482 e. The molecular formula is C27H30ClN2O4PS2. The van der Waals surface area contributed by atoms with Crippen LogP contribution >= 0.6 is 29.6 Å². The molecular weight excluding hydrogens is 547 g/mol. The number of carbonyl (C=O) groups excluding carboxylic acids is 1. The summed E-state index contributed by atoms with van der Waals surface area (Å²) in [5, 5.41) is 11.7. The van der Waals surface area contributed by atoms with Crippen LogP contribution in [0.1, 0.15) is 61.8 Å². The third kappa shape index (κ3) is 3.20. The summed E-state index contributed by atoms with van der Waals surface area (Å²) < 4.78 is 23.6. The molecule has 5 aliphatic heterocycles. The van der Waals surface area contributed by atoms with Gasteiger partial charge < -0.3 is 14.7 Å². The first-order valence-corrected chi connectivity index (χ1v) is 17.5.